The van der Waals surface area contributed by atoms with Crippen LogP contribution >= 0.6 is 39.1 Å². The molecule has 29 heavy (non-hydrogen) atoms. The number of aryl methyl sites for hydroxylation is 1. The normalized spacial score (nSPS) is 16.1. The van der Waals surface area contributed by atoms with Crippen molar-refractivity contribution >= 4 is 68.3 Å². The number of benzene rings is 2. The molecule has 2 aromatic carbocycles. The number of carbonyl (C=O) groups excluding carboxylic acids is 3. The molecule has 0 spiro atoms. The first-order chi connectivity index (χ1) is 13.8. The number of nitrogens with one attached hydrogen (secondary N) is 1. The number of halogens is 3. The summed E-state index contributed by atoms with van der Waals surface area (Å²) < 4.78 is 6.01. The number of amides is 2. The first kappa shape index (κ1) is 21.6. The van der Waals surface area contributed by atoms with Gasteiger partial charge in [0.25, 0.3) is 5.91 Å². The lowest BCUT2D eigenvalue weighted by Crippen LogP contribution is -2.28. The number of esters is 1. The maximum absolute atomic E-state index is 12.3. The molecule has 2 aromatic rings. The molecule has 2 amide bonds. The third-order valence-corrected chi connectivity index (χ3v) is 5.79. The lowest BCUT2D eigenvalue weighted by Gasteiger charge is -2.18. The molecule has 0 aromatic heterocycles. The molecular formula is C20H17BrCl2N2O4. The molecule has 152 valence electrons. The molecule has 0 aliphatic carbocycles. The summed E-state index contributed by atoms with van der Waals surface area (Å²) in [6.45, 7) is 1.54. The lowest BCUT2D eigenvalue weighted by molar-refractivity contribution is -0.151. The Morgan fingerprint density at radius 2 is 2.03 bits per heavy atom. The van der Waals surface area contributed by atoms with Gasteiger partial charge in [-0.15, -0.1) is 0 Å². The van der Waals surface area contributed by atoms with Crippen molar-refractivity contribution in [2.45, 2.75) is 13.3 Å². The number of carbonyl (C=O) groups is 3. The van der Waals surface area contributed by atoms with Crippen molar-refractivity contribution in [1.82, 2.24) is 0 Å². The van der Waals surface area contributed by atoms with Crippen molar-refractivity contribution in [2.75, 3.05) is 23.4 Å². The number of hydrogen-bond acceptors (Lipinski definition) is 4. The number of nitrogens with zero attached hydrogens (tertiary/aromatic N) is 1. The van der Waals surface area contributed by atoms with E-state index < -0.39 is 24.4 Å². The number of ether oxygens (including phenoxy) is 1. The van der Waals surface area contributed by atoms with Crippen molar-refractivity contribution in [2.24, 2.45) is 5.92 Å². The summed E-state index contributed by atoms with van der Waals surface area (Å²) in [6.07, 6.45) is -0.0187. The molecule has 1 heterocycles. The van der Waals surface area contributed by atoms with Gasteiger partial charge in [-0.25, -0.2) is 0 Å². The van der Waals surface area contributed by atoms with Crippen LogP contribution in [0.4, 0.5) is 11.4 Å². The van der Waals surface area contributed by atoms with Gasteiger partial charge in [0.15, 0.2) is 6.61 Å². The zero-order valence-electron chi connectivity index (χ0n) is 15.4. The minimum Gasteiger partial charge on any atom is -0.455 e. The number of anilines is 2. The van der Waals surface area contributed by atoms with Crippen LogP contribution < -0.4 is 10.2 Å². The highest BCUT2D eigenvalue weighted by atomic mass is 79.9. The fraction of sp³-hybridized carbons (Fsp3) is 0.250. The predicted molar refractivity (Wildman–Crippen MR) is 115 cm³/mol. The molecule has 1 aliphatic heterocycles. The Labute approximate surface area is 186 Å². The van der Waals surface area contributed by atoms with Crippen LogP contribution in [0.5, 0.6) is 0 Å². The maximum Gasteiger partial charge on any atom is 0.311 e. The van der Waals surface area contributed by atoms with E-state index >= 15 is 0 Å². The molecule has 0 radical (unpaired) electrons. The van der Waals surface area contributed by atoms with Crippen LogP contribution in [-0.2, 0) is 19.1 Å². The van der Waals surface area contributed by atoms with E-state index in [0.29, 0.717) is 16.4 Å². The molecule has 1 fully saturated rings. The summed E-state index contributed by atoms with van der Waals surface area (Å²) in [5.74, 6) is -2.00. The Morgan fingerprint density at radius 3 is 2.76 bits per heavy atom. The van der Waals surface area contributed by atoms with E-state index in [2.05, 4.69) is 21.2 Å². The SMILES string of the molecule is Cc1cc(Br)ccc1NC(=O)COC(=O)[C@@H]1CC(=O)N(c2cccc(Cl)c2Cl)C1. The largest absolute Gasteiger partial charge is 0.455 e. The lowest BCUT2D eigenvalue weighted by atomic mass is 10.1. The van der Waals surface area contributed by atoms with E-state index in [0.717, 1.165) is 10.0 Å². The van der Waals surface area contributed by atoms with Gasteiger partial charge in [0.2, 0.25) is 5.91 Å². The molecule has 0 saturated carbocycles. The van der Waals surface area contributed by atoms with Crippen LogP contribution in [0.15, 0.2) is 40.9 Å². The third kappa shape index (κ3) is 5.10. The van der Waals surface area contributed by atoms with Crippen LogP contribution in [0, 0.1) is 12.8 Å². The Bertz CT molecular complexity index is 983. The summed E-state index contributed by atoms with van der Waals surface area (Å²) in [5.41, 5.74) is 1.95. The van der Waals surface area contributed by atoms with E-state index in [-0.39, 0.29) is 23.9 Å². The second-order valence-electron chi connectivity index (χ2n) is 6.59. The van der Waals surface area contributed by atoms with Gasteiger partial charge in [-0.2, -0.15) is 0 Å². The molecular weight excluding hydrogens is 483 g/mol. The highest BCUT2D eigenvalue weighted by molar-refractivity contribution is 9.10. The Hall–Kier alpha value is -2.09. The molecule has 1 aliphatic rings. The monoisotopic (exact) mass is 498 g/mol. The van der Waals surface area contributed by atoms with Crippen molar-refractivity contribution in [1.29, 1.82) is 0 Å². The van der Waals surface area contributed by atoms with Crippen LogP contribution in [0.25, 0.3) is 0 Å². The van der Waals surface area contributed by atoms with Crippen LogP contribution in [0.3, 0.4) is 0 Å². The number of hydrogen-bond donors (Lipinski definition) is 1. The Kier molecular flexibility index (Phi) is 6.82. The van der Waals surface area contributed by atoms with E-state index in [4.69, 9.17) is 27.9 Å². The average molecular weight is 500 g/mol. The minimum atomic E-state index is -0.681. The van der Waals surface area contributed by atoms with Crippen molar-refractivity contribution in [3.8, 4) is 0 Å². The summed E-state index contributed by atoms with van der Waals surface area (Å²) in [6, 6.07) is 10.4. The van der Waals surface area contributed by atoms with E-state index in [1.807, 2.05) is 13.0 Å². The van der Waals surface area contributed by atoms with Crippen molar-refractivity contribution in [3.63, 3.8) is 0 Å². The summed E-state index contributed by atoms with van der Waals surface area (Å²) in [7, 11) is 0. The van der Waals surface area contributed by atoms with Gasteiger partial charge in [-0.05, 0) is 42.8 Å². The highest BCUT2D eigenvalue weighted by Crippen LogP contribution is 2.35. The van der Waals surface area contributed by atoms with Crippen molar-refractivity contribution < 1.29 is 19.1 Å². The predicted octanol–water partition coefficient (Wildman–Crippen LogP) is 4.60. The smallest absolute Gasteiger partial charge is 0.311 e. The van der Waals surface area contributed by atoms with Gasteiger partial charge in [-0.1, -0.05) is 45.2 Å². The zero-order valence-corrected chi connectivity index (χ0v) is 18.5. The second kappa shape index (κ2) is 9.15. The van der Waals surface area contributed by atoms with E-state index in [1.165, 1.54) is 4.90 Å². The summed E-state index contributed by atoms with van der Waals surface area (Å²) in [4.78, 5) is 38.2. The van der Waals surface area contributed by atoms with E-state index in [9.17, 15) is 14.4 Å². The molecule has 0 bridgehead atoms. The molecule has 3 rings (SSSR count). The second-order valence-corrected chi connectivity index (χ2v) is 8.29. The van der Waals surface area contributed by atoms with Gasteiger partial charge < -0.3 is 15.0 Å². The third-order valence-electron chi connectivity index (χ3n) is 4.49. The molecule has 1 atom stereocenters. The fourth-order valence-corrected chi connectivity index (χ4v) is 3.88. The molecule has 9 heteroatoms. The van der Waals surface area contributed by atoms with Crippen LogP contribution in [0.1, 0.15) is 12.0 Å². The molecule has 6 nitrogen and oxygen atoms in total. The van der Waals surface area contributed by atoms with Crippen LogP contribution in [-0.4, -0.2) is 30.9 Å². The maximum atomic E-state index is 12.3. The van der Waals surface area contributed by atoms with Crippen LogP contribution in [0.2, 0.25) is 10.0 Å². The first-order valence-electron chi connectivity index (χ1n) is 8.73. The van der Waals surface area contributed by atoms with Gasteiger partial charge in [0.1, 0.15) is 0 Å². The minimum absolute atomic E-state index is 0.0187. The van der Waals surface area contributed by atoms with Gasteiger partial charge >= 0.3 is 5.97 Å². The van der Waals surface area contributed by atoms with E-state index in [1.54, 1.807) is 30.3 Å². The molecule has 1 saturated heterocycles. The standard InChI is InChI=1S/C20H17BrCl2N2O4/c1-11-7-13(21)5-6-15(11)24-17(26)10-29-20(28)12-8-18(27)25(9-12)16-4-2-3-14(22)19(16)23/h2-7,12H,8-10H2,1H3,(H,24,26)/t12-/m1/s1. The molecule has 0 unspecified atom stereocenters. The zero-order chi connectivity index (χ0) is 21.1. The molecule has 1 N–H and O–H groups in total. The quantitative estimate of drug-likeness (QED) is 0.610. The topological polar surface area (TPSA) is 75.7 Å². The Morgan fingerprint density at radius 1 is 1.28 bits per heavy atom. The number of rotatable bonds is 5. The van der Waals surface area contributed by atoms with Gasteiger partial charge in [0, 0.05) is 23.1 Å². The summed E-state index contributed by atoms with van der Waals surface area (Å²) >= 11 is 15.5. The van der Waals surface area contributed by atoms with Gasteiger partial charge in [-0.3, -0.25) is 14.4 Å². The summed E-state index contributed by atoms with van der Waals surface area (Å²) in [5, 5.41) is 3.27. The Balaban J connectivity index is 1.56. The van der Waals surface area contributed by atoms with Gasteiger partial charge in [0.05, 0.1) is 21.7 Å². The fourth-order valence-electron chi connectivity index (χ4n) is 3.01. The average Bonchev–Trinajstić information content (AvgIpc) is 3.06. The highest BCUT2D eigenvalue weighted by Gasteiger charge is 2.37. The first-order valence-corrected chi connectivity index (χ1v) is 10.3. The van der Waals surface area contributed by atoms with Crippen molar-refractivity contribution in [3.05, 3.63) is 56.5 Å².